The molecule has 7 nitrogen and oxygen atoms in total. The van der Waals surface area contributed by atoms with Gasteiger partial charge in [-0.15, -0.1) is 0 Å². The lowest BCUT2D eigenvalue weighted by Gasteiger charge is -2.35. The molecule has 8 heteroatoms. The Kier molecular flexibility index (Phi) is 6.49. The minimum Gasteiger partial charge on any atom is -0.378 e. The second-order valence-electron chi connectivity index (χ2n) is 6.97. The molecule has 2 saturated heterocycles. The number of carbonyl (C=O) groups is 2. The summed E-state index contributed by atoms with van der Waals surface area (Å²) < 4.78 is 29.9. The van der Waals surface area contributed by atoms with Gasteiger partial charge in [0.25, 0.3) is 0 Å². The number of nitrogens with zero attached hydrogens (tertiary/aromatic N) is 2. The van der Waals surface area contributed by atoms with Crippen LogP contribution in [0.3, 0.4) is 0 Å². The summed E-state index contributed by atoms with van der Waals surface area (Å²) in [6.45, 7) is 3.44. The highest BCUT2D eigenvalue weighted by molar-refractivity contribution is 7.91. The van der Waals surface area contributed by atoms with Gasteiger partial charge in [-0.2, -0.15) is 0 Å². The van der Waals surface area contributed by atoms with Crippen molar-refractivity contribution in [1.82, 2.24) is 9.80 Å². The SMILES string of the molecule is O=C(CCS(=O)(=O)c1ccccc1)N1CCC(C(=O)N2CCOCC2)CC1. The van der Waals surface area contributed by atoms with Gasteiger partial charge in [-0.1, -0.05) is 18.2 Å². The first-order valence-corrected chi connectivity index (χ1v) is 11.0. The first kappa shape index (κ1) is 19.8. The molecule has 0 aliphatic carbocycles. The number of likely N-dealkylation sites (tertiary alicyclic amines) is 1. The van der Waals surface area contributed by atoms with Crippen LogP contribution in [0.4, 0.5) is 0 Å². The largest absolute Gasteiger partial charge is 0.378 e. The van der Waals surface area contributed by atoms with Gasteiger partial charge in [-0.25, -0.2) is 8.42 Å². The minimum absolute atomic E-state index is 0.0285. The smallest absolute Gasteiger partial charge is 0.225 e. The minimum atomic E-state index is -3.45. The number of benzene rings is 1. The van der Waals surface area contributed by atoms with Gasteiger partial charge in [0.2, 0.25) is 11.8 Å². The van der Waals surface area contributed by atoms with E-state index in [1.165, 1.54) is 0 Å². The molecule has 1 aromatic carbocycles. The number of carbonyl (C=O) groups excluding carboxylic acids is 2. The Labute approximate surface area is 160 Å². The zero-order valence-corrected chi connectivity index (χ0v) is 16.2. The fourth-order valence-corrected chi connectivity index (χ4v) is 4.79. The van der Waals surface area contributed by atoms with Gasteiger partial charge in [-0.05, 0) is 25.0 Å². The monoisotopic (exact) mass is 394 g/mol. The van der Waals surface area contributed by atoms with E-state index in [1.807, 2.05) is 4.90 Å². The van der Waals surface area contributed by atoms with Gasteiger partial charge in [0.15, 0.2) is 9.84 Å². The van der Waals surface area contributed by atoms with Crippen LogP contribution in [-0.4, -0.2) is 75.2 Å². The van der Waals surface area contributed by atoms with Crippen LogP contribution in [-0.2, 0) is 24.2 Å². The maximum absolute atomic E-state index is 12.5. The highest BCUT2D eigenvalue weighted by Crippen LogP contribution is 2.21. The molecule has 3 rings (SSSR count). The first-order valence-electron chi connectivity index (χ1n) is 9.39. The standard InChI is InChI=1S/C19H26N2O5S/c22-18(8-15-27(24,25)17-4-2-1-3-5-17)20-9-6-16(7-10-20)19(23)21-11-13-26-14-12-21/h1-5,16H,6-15H2. The van der Waals surface area contributed by atoms with Gasteiger partial charge in [0.1, 0.15) is 0 Å². The third kappa shape index (κ3) is 5.07. The van der Waals surface area contributed by atoms with Crippen LogP contribution in [0.25, 0.3) is 0 Å². The fourth-order valence-electron chi connectivity index (χ4n) is 3.54. The topological polar surface area (TPSA) is 84.0 Å². The molecule has 0 N–H and O–H groups in total. The highest BCUT2D eigenvalue weighted by atomic mass is 32.2. The Hall–Kier alpha value is -1.93. The normalized spacial score (nSPS) is 19.1. The number of hydrogen-bond acceptors (Lipinski definition) is 5. The van der Waals surface area contributed by atoms with Crippen molar-refractivity contribution in [3.63, 3.8) is 0 Å². The molecular formula is C19H26N2O5S. The molecule has 148 valence electrons. The Bertz CT molecular complexity index is 752. The quantitative estimate of drug-likeness (QED) is 0.742. The number of morpholine rings is 1. The van der Waals surface area contributed by atoms with Crippen molar-refractivity contribution in [3.05, 3.63) is 30.3 Å². The predicted octanol–water partition coefficient (Wildman–Crippen LogP) is 0.948. The average molecular weight is 394 g/mol. The summed E-state index contributed by atoms with van der Waals surface area (Å²) in [5, 5.41) is 0. The van der Waals surface area contributed by atoms with Crippen molar-refractivity contribution in [1.29, 1.82) is 0 Å². The fraction of sp³-hybridized carbons (Fsp3) is 0.579. The van der Waals surface area contributed by atoms with Crippen LogP contribution in [0.2, 0.25) is 0 Å². The maximum Gasteiger partial charge on any atom is 0.225 e. The average Bonchev–Trinajstić information content (AvgIpc) is 2.73. The second kappa shape index (κ2) is 8.84. The Morgan fingerprint density at radius 1 is 0.963 bits per heavy atom. The molecule has 27 heavy (non-hydrogen) atoms. The van der Waals surface area contributed by atoms with E-state index in [2.05, 4.69) is 0 Å². The summed E-state index contributed by atoms with van der Waals surface area (Å²) in [5.41, 5.74) is 0. The molecule has 0 spiro atoms. The number of ether oxygens (including phenoxy) is 1. The molecule has 0 saturated carbocycles. The molecule has 0 aromatic heterocycles. The molecule has 2 aliphatic rings. The van der Waals surface area contributed by atoms with Crippen molar-refractivity contribution in [2.24, 2.45) is 5.92 Å². The van der Waals surface area contributed by atoms with Crippen LogP contribution >= 0.6 is 0 Å². The summed E-state index contributed by atoms with van der Waals surface area (Å²) in [4.78, 5) is 28.7. The molecule has 2 amide bonds. The zero-order valence-electron chi connectivity index (χ0n) is 15.4. The molecule has 0 unspecified atom stereocenters. The van der Waals surface area contributed by atoms with Gasteiger partial charge in [-0.3, -0.25) is 9.59 Å². The Morgan fingerprint density at radius 2 is 1.59 bits per heavy atom. The van der Waals surface area contributed by atoms with Crippen LogP contribution in [0.15, 0.2) is 35.2 Å². The van der Waals surface area contributed by atoms with Crippen molar-refractivity contribution in [2.75, 3.05) is 45.1 Å². The van der Waals surface area contributed by atoms with Crippen molar-refractivity contribution in [2.45, 2.75) is 24.2 Å². The van der Waals surface area contributed by atoms with Crippen molar-refractivity contribution in [3.8, 4) is 0 Å². The molecule has 2 aliphatic heterocycles. The van der Waals surface area contributed by atoms with E-state index in [1.54, 1.807) is 35.2 Å². The Morgan fingerprint density at radius 3 is 2.22 bits per heavy atom. The highest BCUT2D eigenvalue weighted by Gasteiger charge is 2.31. The van der Waals surface area contributed by atoms with E-state index < -0.39 is 9.84 Å². The van der Waals surface area contributed by atoms with E-state index in [9.17, 15) is 18.0 Å². The molecule has 0 radical (unpaired) electrons. The van der Waals surface area contributed by atoms with Crippen LogP contribution < -0.4 is 0 Å². The van der Waals surface area contributed by atoms with E-state index in [0.717, 1.165) is 0 Å². The number of amides is 2. The lowest BCUT2D eigenvalue weighted by molar-refractivity contribution is -0.143. The second-order valence-corrected chi connectivity index (χ2v) is 9.08. The summed E-state index contributed by atoms with van der Waals surface area (Å²) in [6, 6.07) is 8.19. The molecule has 0 atom stereocenters. The maximum atomic E-state index is 12.5. The third-order valence-electron chi connectivity index (χ3n) is 5.21. The van der Waals surface area contributed by atoms with E-state index in [4.69, 9.17) is 4.74 Å². The van der Waals surface area contributed by atoms with Crippen molar-refractivity contribution < 1.29 is 22.7 Å². The van der Waals surface area contributed by atoms with Gasteiger partial charge in [0, 0.05) is 38.5 Å². The third-order valence-corrected chi connectivity index (χ3v) is 6.94. The Balaban J connectivity index is 1.46. The number of hydrogen-bond donors (Lipinski definition) is 0. The molecule has 0 bridgehead atoms. The summed E-state index contributed by atoms with van der Waals surface area (Å²) in [7, 11) is -3.45. The number of rotatable bonds is 5. The van der Waals surface area contributed by atoms with Crippen LogP contribution in [0.5, 0.6) is 0 Å². The summed E-state index contributed by atoms with van der Waals surface area (Å²) in [6.07, 6.45) is 1.24. The van der Waals surface area contributed by atoms with E-state index in [-0.39, 0.29) is 34.8 Å². The van der Waals surface area contributed by atoms with E-state index in [0.29, 0.717) is 52.2 Å². The molecule has 2 heterocycles. The van der Waals surface area contributed by atoms with Gasteiger partial charge in [0.05, 0.1) is 23.9 Å². The summed E-state index contributed by atoms with van der Waals surface area (Å²) in [5.74, 6) is -0.258. The lowest BCUT2D eigenvalue weighted by Crippen LogP contribution is -2.47. The van der Waals surface area contributed by atoms with Gasteiger partial charge < -0.3 is 14.5 Å². The van der Waals surface area contributed by atoms with Crippen LogP contribution in [0.1, 0.15) is 19.3 Å². The predicted molar refractivity (Wildman–Crippen MR) is 99.8 cm³/mol. The van der Waals surface area contributed by atoms with Crippen molar-refractivity contribution >= 4 is 21.7 Å². The van der Waals surface area contributed by atoms with E-state index >= 15 is 0 Å². The van der Waals surface area contributed by atoms with Crippen LogP contribution in [0, 0.1) is 5.92 Å². The number of sulfone groups is 1. The lowest BCUT2D eigenvalue weighted by atomic mass is 9.95. The summed E-state index contributed by atoms with van der Waals surface area (Å²) >= 11 is 0. The molecule has 1 aromatic rings. The number of piperidine rings is 1. The zero-order chi connectivity index (χ0) is 19.3. The molecular weight excluding hydrogens is 368 g/mol. The van der Waals surface area contributed by atoms with Gasteiger partial charge >= 0.3 is 0 Å². The first-order chi connectivity index (χ1) is 13.0. The molecule has 2 fully saturated rings.